The van der Waals surface area contributed by atoms with Crippen molar-refractivity contribution in [3.63, 3.8) is 0 Å². The summed E-state index contributed by atoms with van der Waals surface area (Å²) in [6, 6.07) is 4.21. The molecule has 1 aliphatic heterocycles. The number of rotatable bonds is 4. The predicted molar refractivity (Wildman–Crippen MR) is 87.0 cm³/mol. The van der Waals surface area contributed by atoms with E-state index in [1.165, 1.54) is 28.5 Å². The first-order chi connectivity index (χ1) is 12.3. The summed E-state index contributed by atoms with van der Waals surface area (Å²) in [5.74, 6) is -0.769. The number of aromatic hydroxyl groups is 1. The second-order valence-electron chi connectivity index (χ2n) is 6.26. The van der Waals surface area contributed by atoms with E-state index in [1.54, 1.807) is 6.07 Å². The molecular formula is C17H17F3N4O2. The Hall–Kier alpha value is -2.73. The van der Waals surface area contributed by atoms with Gasteiger partial charge in [-0.05, 0) is 43.0 Å². The second-order valence-corrected chi connectivity index (χ2v) is 6.26. The smallest absolute Gasteiger partial charge is 0.457 e. The van der Waals surface area contributed by atoms with E-state index >= 15 is 0 Å². The summed E-state index contributed by atoms with van der Waals surface area (Å²) in [6.45, 7) is 0.266. The van der Waals surface area contributed by atoms with Crippen molar-refractivity contribution in [1.82, 2.24) is 15.2 Å². The molecule has 138 valence electrons. The summed E-state index contributed by atoms with van der Waals surface area (Å²) in [7, 11) is 0. The summed E-state index contributed by atoms with van der Waals surface area (Å²) in [6.07, 6.45) is -2.40. The third-order valence-corrected chi connectivity index (χ3v) is 4.50. The number of aromatic nitrogens is 1. The molecule has 0 spiro atoms. The van der Waals surface area contributed by atoms with Gasteiger partial charge in [0.25, 0.3) is 0 Å². The molecule has 3 rings (SSSR count). The number of benzene rings is 1. The molecule has 2 heterocycles. The van der Waals surface area contributed by atoms with E-state index in [4.69, 9.17) is 5.26 Å². The molecule has 1 aromatic heterocycles. The second kappa shape index (κ2) is 6.88. The molecular weight excluding hydrogens is 349 g/mol. The molecule has 3 N–H and O–H groups in total. The molecule has 1 fully saturated rings. The lowest BCUT2D eigenvalue weighted by atomic mass is 10.0. The van der Waals surface area contributed by atoms with Crippen molar-refractivity contribution in [2.75, 3.05) is 6.54 Å². The molecule has 9 heteroatoms. The first kappa shape index (κ1) is 18.1. The number of phenols is 1. The fourth-order valence-corrected chi connectivity index (χ4v) is 3.32. The van der Waals surface area contributed by atoms with Gasteiger partial charge in [0.1, 0.15) is 11.8 Å². The van der Waals surface area contributed by atoms with Crippen LogP contribution >= 0.6 is 0 Å². The Labute approximate surface area is 147 Å². The molecule has 0 radical (unpaired) electrons. The Balaban J connectivity index is 1.89. The Kier molecular flexibility index (Phi) is 4.78. The van der Waals surface area contributed by atoms with Crippen LogP contribution < -0.4 is 5.32 Å². The fraction of sp³-hybridized carbons (Fsp3) is 0.412. The number of H-pyrrole nitrogens is 1. The molecule has 0 unspecified atom stereocenters. The zero-order valence-corrected chi connectivity index (χ0v) is 13.7. The molecule has 2 atom stereocenters. The van der Waals surface area contributed by atoms with Crippen molar-refractivity contribution in [3.05, 3.63) is 30.0 Å². The minimum Gasteiger partial charge on any atom is -0.508 e. The van der Waals surface area contributed by atoms with E-state index in [1.807, 2.05) is 6.07 Å². The average Bonchev–Trinajstić information content (AvgIpc) is 3.19. The van der Waals surface area contributed by atoms with E-state index < -0.39 is 24.3 Å². The van der Waals surface area contributed by atoms with Crippen molar-refractivity contribution in [3.8, 4) is 11.8 Å². The first-order valence-electron chi connectivity index (χ1n) is 8.12. The maximum atomic E-state index is 12.9. The van der Waals surface area contributed by atoms with Crippen LogP contribution in [0.25, 0.3) is 10.9 Å². The van der Waals surface area contributed by atoms with Crippen molar-refractivity contribution in [2.24, 2.45) is 0 Å². The number of carbonyl (C=O) groups excluding carboxylic acids is 1. The van der Waals surface area contributed by atoms with Crippen molar-refractivity contribution >= 4 is 16.8 Å². The lowest BCUT2D eigenvalue weighted by Crippen LogP contribution is -2.53. The van der Waals surface area contributed by atoms with Crippen LogP contribution in [0.5, 0.6) is 5.75 Å². The number of fused-ring (bicyclic) bond motifs is 1. The molecule has 2 aromatic rings. The lowest BCUT2D eigenvalue weighted by Gasteiger charge is -2.27. The van der Waals surface area contributed by atoms with Gasteiger partial charge in [0, 0.05) is 23.6 Å². The third-order valence-electron chi connectivity index (χ3n) is 4.50. The van der Waals surface area contributed by atoms with E-state index in [0.717, 1.165) is 0 Å². The number of likely N-dealkylation sites (tertiary alicyclic amines) is 1. The SMILES string of the molecule is N#C[C@@H]1CCCN1C(=O)[C@H](Cc1c[nH]c2ccc(O)cc12)NC(F)(F)F. The van der Waals surface area contributed by atoms with Gasteiger partial charge in [-0.3, -0.25) is 4.79 Å². The maximum absolute atomic E-state index is 12.9. The Morgan fingerprint density at radius 1 is 1.50 bits per heavy atom. The van der Waals surface area contributed by atoms with Gasteiger partial charge in [-0.2, -0.15) is 18.4 Å². The summed E-state index contributed by atoms with van der Waals surface area (Å²) in [4.78, 5) is 16.8. The van der Waals surface area contributed by atoms with Crippen molar-refractivity contribution in [2.45, 2.75) is 37.6 Å². The molecule has 1 amide bonds. The van der Waals surface area contributed by atoms with Crippen LogP contribution in [0.3, 0.4) is 0 Å². The number of carbonyl (C=O) groups is 1. The molecule has 1 aromatic carbocycles. The highest BCUT2D eigenvalue weighted by Crippen LogP contribution is 2.26. The Morgan fingerprint density at radius 3 is 2.96 bits per heavy atom. The number of nitrogens with zero attached hydrogens (tertiary/aromatic N) is 2. The fourth-order valence-electron chi connectivity index (χ4n) is 3.32. The molecule has 0 aliphatic carbocycles. The standard InChI is InChI=1S/C17H17F3N4O2/c18-17(19,20)23-15(16(26)24-5-1-2-11(24)8-21)6-10-9-22-14-4-3-12(25)7-13(10)14/h3-4,7,9,11,15,22-23,25H,1-2,5-6H2/t11-,15-/m0/s1. The number of aromatic amines is 1. The van der Waals surface area contributed by atoms with E-state index in [-0.39, 0.29) is 18.7 Å². The predicted octanol–water partition coefficient (Wildman–Crippen LogP) is 2.41. The summed E-state index contributed by atoms with van der Waals surface area (Å²) >= 11 is 0. The Morgan fingerprint density at radius 2 is 2.27 bits per heavy atom. The number of nitriles is 1. The van der Waals surface area contributed by atoms with Crippen LogP contribution in [0.2, 0.25) is 0 Å². The van der Waals surface area contributed by atoms with Crippen molar-refractivity contribution in [1.29, 1.82) is 5.26 Å². The first-order valence-corrected chi connectivity index (χ1v) is 8.12. The molecule has 1 saturated heterocycles. The molecule has 0 saturated carbocycles. The zero-order valence-electron chi connectivity index (χ0n) is 13.7. The average molecular weight is 366 g/mol. The summed E-state index contributed by atoms with van der Waals surface area (Å²) in [5.41, 5.74) is 1.12. The largest absolute Gasteiger partial charge is 0.508 e. The summed E-state index contributed by atoms with van der Waals surface area (Å²) < 4.78 is 38.8. The van der Waals surface area contributed by atoms with Gasteiger partial charge in [-0.1, -0.05) is 0 Å². The quantitative estimate of drug-likeness (QED) is 0.725. The van der Waals surface area contributed by atoms with Crippen LogP contribution in [-0.2, 0) is 11.2 Å². The number of phenolic OH excluding ortho intramolecular Hbond substituents is 1. The van der Waals surface area contributed by atoms with Gasteiger partial charge in [-0.25, -0.2) is 5.32 Å². The highest BCUT2D eigenvalue weighted by atomic mass is 19.4. The van der Waals surface area contributed by atoms with Gasteiger partial charge in [-0.15, -0.1) is 0 Å². The highest BCUT2D eigenvalue weighted by Gasteiger charge is 2.39. The van der Waals surface area contributed by atoms with Gasteiger partial charge in [0.05, 0.1) is 12.1 Å². The van der Waals surface area contributed by atoms with Gasteiger partial charge in [0.2, 0.25) is 5.91 Å². The monoisotopic (exact) mass is 366 g/mol. The number of halogens is 3. The molecule has 0 bridgehead atoms. The summed E-state index contributed by atoms with van der Waals surface area (Å²) in [5, 5.41) is 20.7. The van der Waals surface area contributed by atoms with Gasteiger partial charge < -0.3 is 15.0 Å². The topological polar surface area (TPSA) is 92.2 Å². The van der Waals surface area contributed by atoms with Gasteiger partial charge in [0.15, 0.2) is 0 Å². The Bertz CT molecular complexity index is 856. The van der Waals surface area contributed by atoms with Crippen LogP contribution in [0.4, 0.5) is 13.2 Å². The number of hydrogen-bond donors (Lipinski definition) is 3. The van der Waals surface area contributed by atoms with Crippen molar-refractivity contribution < 1.29 is 23.1 Å². The van der Waals surface area contributed by atoms with E-state index in [9.17, 15) is 23.1 Å². The normalized spacial score (nSPS) is 18.8. The van der Waals surface area contributed by atoms with E-state index in [0.29, 0.717) is 29.3 Å². The minimum absolute atomic E-state index is 0.0194. The van der Waals surface area contributed by atoms with Crippen LogP contribution in [0, 0.1) is 11.3 Å². The van der Waals surface area contributed by atoms with Crippen LogP contribution in [-0.4, -0.2) is 45.8 Å². The lowest BCUT2D eigenvalue weighted by molar-refractivity contribution is -0.171. The number of amides is 1. The van der Waals surface area contributed by atoms with E-state index in [2.05, 4.69) is 4.98 Å². The minimum atomic E-state index is -4.74. The highest BCUT2D eigenvalue weighted by molar-refractivity contribution is 5.87. The zero-order chi connectivity index (χ0) is 18.9. The third kappa shape index (κ3) is 3.75. The van der Waals surface area contributed by atoms with Gasteiger partial charge >= 0.3 is 6.30 Å². The maximum Gasteiger partial charge on any atom is 0.457 e. The molecule has 26 heavy (non-hydrogen) atoms. The van der Waals surface area contributed by atoms with Crippen LogP contribution in [0.15, 0.2) is 24.4 Å². The molecule has 6 nitrogen and oxygen atoms in total. The number of alkyl halides is 3. The van der Waals surface area contributed by atoms with Crippen LogP contribution in [0.1, 0.15) is 18.4 Å². The number of hydrogen-bond acceptors (Lipinski definition) is 4. The number of nitrogens with one attached hydrogen (secondary N) is 2. The molecule has 1 aliphatic rings.